The number of aryl methyl sites for hydroxylation is 1. The van der Waals surface area contributed by atoms with Gasteiger partial charge in [0.1, 0.15) is 0 Å². The Bertz CT molecular complexity index is 812. The van der Waals surface area contributed by atoms with Gasteiger partial charge < -0.3 is 19.9 Å². The molecule has 1 aliphatic rings. The van der Waals surface area contributed by atoms with Crippen molar-refractivity contribution in [3.05, 3.63) is 20.8 Å². The van der Waals surface area contributed by atoms with Crippen LogP contribution in [0.25, 0.3) is 11.2 Å². The lowest BCUT2D eigenvalue weighted by Crippen LogP contribution is -2.39. The van der Waals surface area contributed by atoms with E-state index in [1.54, 1.807) is 7.05 Å². The Balaban J connectivity index is 2.31. The molecule has 3 heterocycles. The van der Waals surface area contributed by atoms with Crippen molar-refractivity contribution in [1.29, 1.82) is 0 Å². The number of anilines is 1. The monoisotopic (exact) mass is 308 g/mol. The van der Waals surface area contributed by atoms with Gasteiger partial charge in [0.05, 0.1) is 13.2 Å². The van der Waals surface area contributed by atoms with Crippen molar-refractivity contribution in [2.24, 2.45) is 19.8 Å². The van der Waals surface area contributed by atoms with Crippen molar-refractivity contribution >= 4 is 17.1 Å². The van der Waals surface area contributed by atoms with Crippen LogP contribution in [0.5, 0.6) is 0 Å². The molecule has 0 saturated carbocycles. The van der Waals surface area contributed by atoms with Crippen molar-refractivity contribution < 1.29 is 4.74 Å². The Labute approximate surface area is 126 Å². The molecule has 0 amide bonds. The first-order valence-electron chi connectivity index (χ1n) is 7.25. The van der Waals surface area contributed by atoms with E-state index in [4.69, 9.17) is 10.5 Å². The molecule has 120 valence electrons. The highest BCUT2D eigenvalue weighted by molar-refractivity contribution is 5.74. The molecule has 0 aliphatic carbocycles. The normalized spacial score (nSPS) is 15.7. The smallest absolute Gasteiger partial charge is 0.332 e. The Morgan fingerprint density at radius 2 is 1.86 bits per heavy atom. The lowest BCUT2D eigenvalue weighted by Gasteiger charge is -2.28. The number of fused-ring (bicyclic) bond motifs is 1. The third-order valence-corrected chi connectivity index (χ3v) is 3.97. The second-order valence-corrected chi connectivity index (χ2v) is 5.33. The van der Waals surface area contributed by atoms with Crippen molar-refractivity contribution in [1.82, 2.24) is 18.7 Å². The lowest BCUT2D eigenvalue weighted by atomic mass is 10.4. The SMILES string of the molecule is Cn1c(=O)c2c(nc(N3CCOCC3)n2CCN)n(C)c1=O. The molecule has 1 aliphatic heterocycles. The molecule has 0 spiro atoms. The highest BCUT2D eigenvalue weighted by Crippen LogP contribution is 2.20. The van der Waals surface area contributed by atoms with Crippen LogP contribution in [0.3, 0.4) is 0 Å². The van der Waals surface area contributed by atoms with E-state index in [0.717, 1.165) is 4.57 Å². The molecule has 0 atom stereocenters. The first-order chi connectivity index (χ1) is 10.6. The van der Waals surface area contributed by atoms with Gasteiger partial charge in [-0.15, -0.1) is 0 Å². The van der Waals surface area contributed by atoms with Gasteiger partial charge in [-0.1, -0.05) is 0 Å². The Kier molecular flexibility index (Phi) is 3.75. The molecule has 1 saturated heterocycles. The Morgan fingerprint density at radius 3 is 2.50 bits per heavy atom. The predicted octanol–water partition coefficient (Wildman–Crippen LogP) is -1.77. The van der Waals surface area contributed by atoms with Gasteiger partial charge in [0, 0.05) is 40.3 Å². The van der Waals surface area contributed by atoms with E-state index in [1.165, 1.54) is 11.6 Å². The molecule has 9 heteroatoms. The summed E-state index contributed by atoms with van der Waals surface area (Å²) in [4.78, 5) is 31.2. The van der Waals surface area contributed by atoms with Gasteiger partial charge in [0.15, 0.2) is 11.2 Å². The van der Waals surface area contributed by atoms with Crippen LogP contribution >= 0.6 is 0 Å². The average Bonchev–Trinajstić information content (AvgIpc) is 2.92. The summed E-state index contributed by atoms with van der Waals surface area (Å²) < 4.78 is 9.66. The lowest BCUT2D eigenvalue weighted by molar-refractivity contribution is 0.121. The highest BCUT2D eigenvalue weighted by atomic mass is 16.5. The van der Waals surface area contributed by atoms with Gasteiger partial charge in [-0.2, -0.15) is 4.98 Å². The Morgan fingerprint density at radius 1 is 1.18 bits per heavy atom. The number of aromatic nitrogens is 4. The highest BCUT2D eigenvalue weighted by Gasteiger charge is 2.23. The molecule has 3 rings (SSSR count). The van der Waals surface area contributed by atoms with Crippen LogP contribution < -0.4 is 21.9 Å². The van der Waals surface area contributed by atoms with Crippen LogP contribution in [0.1, 0.15) is 0 Å². The first-order valence-corrected chi connectivity index (χ1v) is 7.25. The fourth-order valence-corrected chi connectivity index (χ4v) is 2.78. The maximum atomic E-state index is 12.5. The zero-order valence-electron chi connectivity index (χ0n) is 12.8. The standard InChI is InChI=1S/C13H20N6O3/c1-16-10-9(11(20)17(2)13(16)21)19(4-3-14)12(15-10)18-5-7-22-8-6-18/h3-8,14H2,1-2H3. The topological polar surface area (TPSA) is 100 Å². The second-order valence-electron chi connectivity index (χ2n) is 5.33. The number of morpholine rings is 1. The molecule has 2 aromatic heterocycles. The first kappa shape index (κ1) is 14.8. The number of hydrogen-bond donors (Lipinski definition) is 1. The fourth-order valence-electron chi connectivity index (χ4n) is 2.78. The summed E-state index contributed by atoms with van der Waals surface area (Å²) in [5, 5.41) is 0. The number of imidazole rings is 1. The zero-order valence-corrected chi connectivity index (χ0v) is 12.8. The number of nitrogens with zero attached hydrogens (tertiary/aromatic N) is 5. The van der Waals surface area contributed by atoms with Gasteiger partial charge in [-0.05, 0) is 0 Å². The zero-order chi connectivity index (χ0) is 15.9. The third-order valence-electron chi connectivity index (χ3n) is 3.97. The van der Waals surface area contributed by atoms with E-state index in [1.807, 2.05) is 4.57 Å². The minimum Gasteiger partial charge on any atom is -0.378 e. The molecule has 0 radical (unpaired) electrons. The maximum absolute atomic E-state index is 12.5. The minimum atomic E-state index is -0.386. The Hall–Kier alpha value is -2.13. The van der Waals surface area contributed by atoms with E-state index in [9.17, 15) is 9.59 Å². The predicted molar refractivity (Wildman–Crippen MR) is 82.3 cm³/mol. The van der Waals surface area contributed by atoms with E-state index in [0.29, 0.717) is 56.5 Å². The molecule has 9 nitrogen and oxygen atoms in total. The van der Waals surface area contributed by atoms with Gasteiger partial charge >= 0.3 is 5.69 Å². The number of nitrogens with two attached hydrogens (primary N) is 1. The van der Waals surface area contributed by atoms with Crippen molar-refractivity contribution in [2.75, 3.05) is 37.7 Å². The largest absolute Gasteiger partial charge is 0.378 e. The molecule has 1 fully saturated rings. The molecule has 2 aromatic rings. The summed E-state index contributed by atoms with van der Waals surface area (Å²) in [5.41, 5.74) is 5.77. The summed E-state index contributed by atoms with van der Waals surface area (Å²) in [6, 6.07) is 0. The number of rotatable bonds is 3. The molecular weight excluding hydrogens is 288 g/mol. The van der Waals surface area contributed by atoms with Crippen LogP contribution in [0.2, 0.25) is 0 Å². The van der Waals surface area contributed by atoms with Gasteiger partial charge in [-0.25, -0.2) is 4.79 Å². The van der Waals surface area contributed by atoms with Gasteiger partial charge in [0.2, 0.25) is 5.95 Å². The van der Waals surface area contributed by atoms with Crippen LogP contribution in [-0.2, 0) is 25.4 Å². The summed E-state index contributed by atoms with van der Waals surface area (Å²) in [6.07, 6.45) is 0. The average molecular weight is 308 g/mol. The third kappa shape index (κ3) is 2.13. The summed E-state index contributed by atoms with van der Waals surface area (Å²) in [5.74, 6) is 0.669. The van der Waals surface area contributed by atoms with E-state index in [-0.39, 0.29) is 11.2 Å². The summed E-state index contributed by atoms with van der Waals surface area (Å²) in [7, 11) is 3.09. The maximum Gasteiger partial charge on any atom is 0.332 e. The molecule has 0 aromatic carbocycles. The van der Waals surface area contributed by atoms with Crippen LogP contribution in [0, 0.1) is 0 Å². The van der Waals surface area contributed by atoms with Crippen molar-refractivity contribution in [3.8, 4) is 0 Å². The van der Waals surface area contributed by atoms with E-state index in [2.05, 4.69) is 9.88 Å². The molecule has 0 unspecified atom stereocenters. The van der Waals surface area contributed by atoms with E-state index >= 15 is 0 Å². The van der Waals surface area contributed by atoms with Crippen molar-refractivity contribution in [2.45, 2.75) is 6.54 Å². The van der Waals surface area contributed by atoms with E-state index < -0.39 is 0 Å². The summed E-state index contributed by atoms with van der Waals surface area (Å²) >= 11 is 0. The molecule has 22 heavy (non-hydrogen) atoms. The minimum absolute atomic E-state index is 0.349. The van der Waals surface area contributed by atoms with Gasteiger partial charge in [-0.3, -0.25) is 13.9 Å². The van der Waals surface area contributed by atoms with Gasteiger partial charge in [0.25, 0.3) is 5.56 Å². The number of hydrogen-bond acceptors (Lipinski definition) is 6. The molecular formula is C13H20N6O3. The van der Waals surface area contributed by atoms with Crippen LogP contribution in [0.15, 0.2) is 9.59 Å². The molecule has 0 bridgehead atoms. The second kappa shape index (κ2) is 5.58. The fraction of sp³-hybridized carbons (Fsp3) is 0.615. The number of ether oxygens (including phenoxy) is 1. The van der Waals surface area contributed by atoms with Crippen LogP contribution in [-0.4, -0.2) is 51.5 Å². The quantitative estimate of drug-likeness (QED) is 0.720. The summed E-state index contributed by atoms with van der Waals surface area (Å²) in [6.45, 7) is 3.47. The van der Waals surface area contributed by atoms with Crippen molar-refractivity contribution in [3.63, 3.8) is 0 Å². The molecule has 2 N–H and O–H groups in total. The van der Waals surface area contributed by atoms with Crippen LogP contribution in [0.4, 0.5) is 5.95 Å².